The van der Waals surface area contributed by atoms with Crippen molar-refractivity contribution in [3.8, 4) is 0 Å². The monoisotopic (exact) mass is 432 g/mol. The van der Waals surface area contributed by atoms with Crippen LogP contribution >= 0.6 is 0 Å². The number of hydrogen-bond donors (Lipinski definition) is 1. The lowest BCUT2D eigenvalue weighted by molar-refractivity contribution is -0.131. The third-order valence-corrected chi connectivity index (χ3v) is 6.35. The molecule has 1 N–H and O–H groups in total. The Hall–Kier alpha value is -3.28. The number of amides is 2. The van der Waals surface area contributed by atoms with E-state index >= 15 is 0 Å². The SMILES string of the molecule is CCN(c1ccc(C(=O)N2CCN(C(=O)Cc3c[nH]c4ccccc34)CC2)cc1)C(C)C. The molecule has 0 unspecified atom stereocenters. The zero-order valence-corrected chi connectivity index (χ0v) is 19.2. The van der Waals surface area contributed by atoms with E-state index in [1.807, 2.05) is 64.5 Å². The Kier molecular flexibility index (Phi) is 6.49. The summed E-state index contributed by atoms with van der Waals surface area (Å²) in [7, 11) is 0. The fourth-order valence-corrected chi connectivity index (χ4v) is 4.54. The molecule has 0 atom stereocenters. The zero-order valence-electron chi connectivity index (χ0n) is 19.2. The van der Waals surface area contributed by atoms with Gasteiger partial charge in [0.25, 0.3) is 5.91 Å². The van der Waals surface area contributed by atoms with Gasteiger partial charge in [0.15, 0.2) is 0 Å². The van der Waals surface area contributed by atoms with Crippen molar-refractivity contribution in [2.24, 2.45) is 0 Å². The number of fused-ring (bicyclic) bond motifs is 1. The number of para-hydroxylation sites is 1. The van der Waals surface area contributed by atoms with Crippen molar-refractivity contribution < 1.29 is 9.59 Å². The zero-order chi connectivity index (χ0) is 22.7. The van der Waals surface area contributed by atoms with E-state index in [0.29, 0.717) is 44.2 Å². The number of aromatic amines is 1. The van der Waals surface area contributed by atoms with Crippen molar-refractivity contribution in [2.75, 3.05) is 37.6 Å². The van der Waals surface area contributed by atoms with Crippen molar-refractivity contribution in [3.05, 3.63) is 65.9 Å². The molecule has 1 aromatic heterocycles. The predicted octanol–water partition coefficient (Wildman–Crippen LogP) is 3.93. The highest BCUT2D eigenvalue weighted by atomic mass is 16.2. The number of benzene rings is 2. The summed E-state index contributed by atoms with van der Waals surface area (Å²) in [5.41, 5.74) is 3.90. The first kappa shape index (κ1) is 21.9. The summed E-state index contributed by atoms with van der Waals surface area (Å²) in [6.07, 6.45) is 2.30. The third kappa shape index (κ3) is 4.49. The molecule has 1 aliphatic heterocycles. The summed E-state index contributed by atoms with van der Waals surface area (Å²) < 4.78 is 0. The smallest absolute Gasteiger partial charge is 0.253 e. The minimum atomic E-state index is 0.0351. The van der Waals surface area contributed by atoms with E-state index in [1.165, 1.54) is 0 Å². The Morgan fingerprint density at radius 2 is 1.62 bits per heavy atom. The molecule has 6 heteroatoms. The molecule has 2 aromatic carbocycles. The number of anilines is 1. The van der Waals surface area contributed by atoms with Crippen LogP contribution in [0.4, 0.5) is 5.69 Å². The van der Waals surface area contributed by atoms with Crippen LogP contribution in [0.1, 0.15) is 36.7 Å². The van der Waals surface area contributed by atoms with Gasteiger partial charge in [0.1, 0.15) is 0 Å². The molecular weight excluding hydrogens is 400 g/mol. The molecule has 0 aliphatic carbocycles. The predicted molar refractivity (Wildman–Crippen MR) is 129 cm³/mol. The van der Waals surface area contributed by atoms with Gasteiger partial charge in [-0.15, -0.1) is 0 Å². The number of rotatable bonds is 6. The van der Waals surface area contributed by atoms with Crippen LogP contribution < -0.4 is 4.90 Å². The maximum absolute atomic E-state index is 13.0. The molecule has 1 aliphatic rings. The third-order valence-electron chi connectivity index (χ3n) is 6.35. The Balaban J connectivity index is 1.34. The van der Waals surface area contributed by atoms with E-state index < -0.39 is 0 Å². The molecule has 1 saturated heterocycles. The highest BCUT2D eigenvalue weighted by molar-refractivity contribution is 5.95. The van der Waals surface area contributed by atoms with Gasteiger partial charge in [0.05, 0.1) is 6.42 Å². The van der Waals surface area contributed by atoms with Gasteiger partial charge in [-0.1, -0.05) is 18.2 Å². The lowest BCUT2D eigenvalue weighted by Crippen LogP contribution is -2.51. The Bertz CT molecular complexity index is 1080. The quantitative estimate of drug-likeness (QED) is 0.642. The summed E-state index contributed by atoms with van der Waals surface area (Å²) in [5, 5.41) is 1.09. The number of piperazine rings is 1. The summed E-state index contributed by atoms with van der Waals surface area (Å²) >= 11 is 0. The number of carbonyl (C=O) groups is 2. The molecule has 168 valence electrons. The molecule has 2 heterocycles. The van der Waals surface area contributed by atoms with Crippen LogP contribution in [0.5, 0.6) is 0 Å². The van der Waals surface area contributed by atoms with E-state index in [-0.39, 0.29) is 11.8 Å². The van der Waals surface area contributed by atoms with Gasteiger partial charge >= 0.3 is 0 Å². The van der Waals surface area contributed by atoms with Gasteiger partial charge in [-0.3, -0.25) is 9.59 Å². The van der Waals surface area contributed by atoms with Crippen molar-refractivity contribution in [2.45, 2.75) is 33.2 Å². The highest BCUT2D eigenvalue weighted by Gasteiger charge is 2.25. The lowest BCUT2D eigenvalue weighted by atomic mass is 10.1. The van der Waals surface area contributed by atoms with Crippen LogP contribution in [-0.4, -0.2) is 65.4 Å². The molecule has 0 spiro atoms. The minimum Gasteiger partial charge on any atom is -0.369 e. The molecule has 6 nitrogen and oxygen atoms in total. The summed E-state index contributed by atoms with van der Waals surface area (Å²) in [5.74, 6) is 0.146. The fourth-order valence-electron chi connectivity index (χ4n) is 4.54. The number of hydrogen-bond acceptors (Lipinski definition) is 3. The van der Waals surface area contributed by atoms with Crippen molar-refractivity contribution in [1.29, 1.82) is 0 Å². The first-order chi connectivity index (χ1) is 15.5. The second-order valence-corrected chi connectivity index (χ2v) is 8.64. The molecule has 0 saturated carbocycles. The van der Waals surface area contributed by atoms with Crippen molar-refractivity contribution in [3.63, 3.8) is 0 Å². The van der Waals surface area contributed by atoms with Crippen LogP contribution in [0.15, 0.2) is 54.7 Å². The van der Waals surface area contributed by atoms with Crippen molar-refractivity contribution in [1.82, 2.24) is 14.8 Å². The number of H-pyrrole nitrogens is 1. The second kappa shape index (κ2) is 9.47. The molecular formula is C26H32N4O2. The highest BCUT2D eigenvalue weighted by Crippen LogP contribution is 2.21. The summed E-state index contributed by atoms with van der Waals surface area (Å²) in [6.45, 7) is 9.67. The summed E-state index contributed by atoms with van der Waals surface area (Å²) in [6, 6.07) is 16.3. The molecule has 4 rings (SSSR count). The molecule has 32 heavy (non-hydrogen) atoms. The van der Waals surface area contributed by atoms with Crippen LogP contribution in [0.3, 0.4) is 0 Å². The molecule has 3 aromatic rings. The largest absolute Gasteiger partial charge is 0.369 e. The van der Waals surface area contributed by atoms with Crippen LogP contribution in [0.2, 0.25) is 0 Å². The maximum atomic E-state index is 13.0. The standard InChI is InChI=1S/C26H32N4O2/c1-4-30(19(2)3)22-11-9-20(10-12-22)26(32)29-15-13-28(14-16-29)25(31)17-21-18-27-24-8-6-5-7-23(21)24/h5-12,18-19,27H,4,13-17H2,1-3H3. The van der Waals surface area contributed by atoms with Gasteiger partial charge in [-0.2, -0.15) is 0 Å². The van der Waals surface area contributed by atoms with E-state index in [2.05, 4.69) is 30.7 Å². The van der Waals surface area contributed by atoms with Crippen LogP contribution in [-0.2, 0) is 11.2 Å². The van der Waals surface area contributed by atoms with Crippen LogP contribution in [0.25, 0.3) is 10.9 Å². The van der Waals surface area contributed by atoms with Gasteiger partial charge in [0.2, 0.25) is 5.91 Å². The van der Waals surface area contributed by atoms with E-state index in [9.17, 15) is 9.59 Å². The number of carbonyl (C=O) groups excluding carboxylic acids is 2. The second-order valence-electron chi connectivity index (χ2n) is 8.64. The first-order valence-corrected chi connectivity index (χ1v) is 11.5. The lowest BCUT2D eigenvalue weighted by Gasteiger charge is -2.35. The topological polar surface area (TPSA) is 59.7 Å². The van der Waals surface area contributed by atoms with Gasteiger partial charge in [-0.05, 0) is 56.7 Å². The Morgan fingerprint density at radius 1 is 0.969 bits per heavy atom. The number of nitrogens with zero attached hydrogens (tertiary/aromatic N) is 3. The van der Waals surface area contributed by atoms with Crippen LogP contribution in [0, 0.1) is 0 Å². The van der Waals surface area contributed by atoms with E-state index in [4.69, 9.17) is 0 Å². The van der Waals surface area contributed by atoms with Gasteiger partial charge in [0, 0.05) is 67.1 Å². The Labute approximate surface area is 189 Å². The summed E-state index contributed by atoms with van der Waals surface area (Å²) in [4.78, 5) is 35.1. The normalized spacial score (nSPS) is 14.2. The minimum absolute atomic E-state index is 0.0351. The Morgan fingerprint density at radius 3 is 2.28 bits per heavy atom. The average Bonchev–Trinajstić information content (AvgIpc) is 3.22. The average molecular weight is 433 g/mol. The molecule has 0 bridgehead atoms. The molecule has 0 radical (unpaired) electrons. The van der Waals surface area contributed by atoms with Gasteiger partial charge < -0.3 is 19.7 Å². The number of aromatic nitrogens is 1. The molecule has 1 fully saturated rings. The molecule has 2 amide bonds. The first-order valence-electron chi connectivity index (χ1n) is 11.5. The van der Waals surface area contributed by atoms with E-state index in [1.54, 1.807) is 0 Å². The number of nitrogens with one attached hydrogen (secondary N) is 1. The van der Waals surface area contributed by atoms with Gasteiger partial charge in [-0.25, -0.2) is 0 Å². The maximum Gasteiger partial charge on any atom is 0.253 e. The fraction of sp³-hybridized carbons (Fsp3) is 0.385. The van der Waals surface area contributed by atoms with Crippen molar-refractivity contribution >= 4 is 28.4 Å². The van der Waals surface area contributed by atoms with E-state index in [0.717, 1.165) is 28.7 Å².